The third kappa shape index (κ3) is 2.31. The van der Waals surface area contributed by atoms with Gasteiger partial charge in [0.2, 0.25) is 0 Å². The summed E-state index contributed by atoms with van der Waals surface area (Å²) in [4.78, 5) is 7.62. The first kappa shape index (κ1) is 11.7. The van der Waals surface area contributed by atoms with E-state index < -0.39 is 0 Å². The zero-order chi connectivity index (χ0) is 12.4. The SMILES string of the molecule is CC(C)c1[nH]c(-c2ccc(CN)cc2)nc1N. The highest BCUT2D eigenvalue weighted by Gasteiger charge is 2.11. The normalized spacial score (nSPS) is 11.1. The van der Waals surface area contributed by atoms with E-state index in [9.17, 15) is 0 Å². The van der Waals surface area contributed by atoms with E-state index in [4.69, 9.17) is 11.5 Å². The number of nitrogens with two attached hydrogens (primary N) is 2. The summed E-state index contributed by atoms with van der Waals surface area (Å²) in [5, 5.41) is 0. The van der Waals surface area contributed by atoms with Crippen molar-refractivity contribution in [2.75, 3.05) is 5.73 Å². The van der Waals surface area contributed by atoms with Crippen molar-refractivity contribution in [1.29, 1.82) is 0 Å². The molecule has 17 heavy (non-hydrogen) atoms. The van der Waals surface area contributed by atoms with Gasteiger partial charge in [-0.2, -0.15) is 0 Å². The second kappa shape index (κ2) is 4.59. The number of aromatic nitrogens is 2. The minimum atomic E-state index is 0.347. The monoisotopic (exact) mass is 230 g/mol. The summed E-state index contributed by atoms with van der Waals surface area (Å²) in [5.74, 6) is 1.74. The van der Waals surface area contributed by atoms with Crippen molar-refractivity contribution in [3.8, 4) is 11.4 Å². The highest BCUT2D eigenvalue weighted by Crippen LogP contribution is 2.24. The van der Waals surface area contributed by atoms with Crippen molar-refractivity contribution in [3.05, 3.63) is 35.5 Å². The lowest BCUT2D eigenvalue weighted by Crippen LogP contribution is -1.95. The number of anilines is 1. The van der Waals surface area contributed by atoms with Crippen LogP contribution in [-0.2, 0) is 6.54 Å². The molecule has 4 heteroatoms. The average Bonchev–Trinajstić information content (AvgIpc) is 2.71. The lowest BCUT2D eigenvalue weighted by Gasteiger charge is -2.01. The number of nitrogens with zero attached hydrogens (tertiary/aromatic N) is 1. The molecule has 1 heterocycles. The van der Waals surface area contributed by atoms with Gasteiger partial charge in [0.05, 0.1) is 5.69 Å². The van der Waals surface area contributed by atoms with Gasteiger partial charge < -0.3 is 16.5 Å². The Morgan fingerprint density at radius 2 is 1.88 bits per heavy atom. The topological polar surface area (TPSA) is 80.7 Å². The van der Waals surface area contributed by atoms with E-state index in [0.717, 1.165) is 22.6 Å². The van der Waals surface area contributed by atoms with Crippen LogP contribution in [0, 0.1) is 0 Å². The maximum Gasteiger partial charge on any atom is 0.145 e. The number of imidazole rings is 1. The lowest BCUT2D eigenvalue weighted by atomic mass is 10.1. The van der Waals surface area contributed by atoms with Gasteiger partial charge in [-0.05, 0) is 11.5 Å². The van der Waals surface area contributed by atoms with E-state index >= 15 is 0 Å². The minimum Gasteiger partial charge on any atom is -0.382 e. The highest BCUT2D eigenvalue weighted by atomic mass is 15.0. The van der Waals surface area contributed by atoms with Crippen LogP contribution >= 0.6 is 0 Å². The van der Waals surface area contributed by atoms with Crippen LogP contribution in [0.3, 0.4) is 0 Å². The van der Waals surface area contributed by atoms with Crippen molar-refractivity contribution in [2.45, 2.75) is 26.3 Å². The largest absolute Gasteiger partial charge is 0.382 e. The number of hydrogen-bond donors (Lipinski definition) is 3. The molecule has 0 bridgehead atoms. The van der Waals surface area contributed by atoms with Crippen molar-refractivity contribution in [2.24, 2.45) is 5.73 Å². The minimum absolute atomic E-state index is 0.347. The number of nitrogens with one attached hydrogen (secondary N) is 1. The molecule has 0 atom stereocenters. The first-order valence-electron chi connectivity index (χ1n) is 5.76. The molecule has 90 valence electrons. The smallest absolute Gasteiger partial charge is 0.145 e. The van der Waals surface area contributed by atoms with Crippen LogP contribution in [0.5, 0.6) is 0 Å². The van der Waals surface area contributed by atoms with E-state index in [0.29, 0.717) is 18.3 Å². The van der Waals surface area contributed by atoms with E-state index in [-0.39, 0.29) is 0 Å². The summed E-state index contributed by atoms with van der Waals surface area (Å²) in [6.45, 7) is 4.73. The van der Waals surface area contributed by atoms with Gasteiger partial charge in [0.25, 0.3) is 0 Å². The number of nitrogen functional groups attached to an aromatic ring is 1. The van der Waals surface area contributed by atoms with Crippen molar-refractivity contribution in [1.82, 2.24) is 9.97 Å². The number of benzene rings is 1. The third-order valence-electron chi connectivity index (χ3n) is 2.80. The summed E-state index contributed by atoms with van der Waals surface area (Å²) in [5.41, 5.74) is 14.6. The molecule has 0 aliphatic rings. The molecule has 5 N–H and O–H groups in total. The Bertz CT molecular complexity index is 497. The quantitative estimate of drug-likeness (QED) is 0.756. The van der Waals surface area contributed by atoms with E-state index in [2.05, 4.69) is 23.8 Å². The van der Waals surface area contributed by atoms with E-state index in [1.54, 1.807) is 0 Å². The molecule has 0 fully saturated rings. The second-order valence-corrected chi connectivity index (χ2v) is 4.44. The molecule has 0 spiro atoms. The molecule has 4 nitrogen and oxygen atoms in total. The molecule has 0 radical (unpaired) electrons. The number of aromatic amines is 1. The fourth-order valence-electron chi connectivity index (χ4n) is 1.78. The molecule has 0 amide bonds. The first-order valence-corrected chi connectivity index (χ1v) is 5.76. The molecule has 0 saturated carbocycles. The number of hydrogen-bond acceptors (Lipinski definition) is 3. The number of H-pyrrole nitrogens is 1. The van der Waals surface area contributed by atoms with Crippen LogP contribution in [0.25, 0.3) is 11.4 Å². The summed E-state index contributed by atoms with van der Waals surface area (Å²) < 4.78 is 0. The van der Waals surface area contributed by atoms with E-state index in [1.807, 2.05) is 24.3 Å². The lowest BCUT2D eigenvalue weighted by molar-refractivity contribution is 0.836. The van der Waals surface area contributed by atoms with Crippen molar-refractivity contribution in [3.63, 3.8) is 0 Å². The Balaban J connectivity index is 2.36. The van der Waals surface area contributed by atoms with Gasteiger partial charge in [0.15, 0.2) is 0 Å². The Morgan fingerprint density at radius 1 is 1.24 bits per heavy atom. The molecule has 2 aromatic rings. The molecular formula is C13H18N4. The van der Waals surface area contributed by atoms with Gasteiger partial charge in [-0.3, -0.25) is 0 Å². The zero-order valence-corrected chi connectivity index (χ0v) is 10.2. The fraction of sp³-hybridized carbons (Fsp3) is 0.308. The summed E-state index contributed by atoms with van der Waals surface area (Å²) in [6.07, 6.45) is 0. The van der Waals surface area contributed by atoms with Crippen LogP contribution in [0.1, 0.15) is 31.0 Å². The molecule has 1 aromatic heterocycles. The van der Waals surface area contributed by atoms with Gasteiger partial charge in [0, 0.05) is 12.1 Å². The molecule has 0 unspecified atom stereocenters. The molecule has 0 aliphatic carbocycles. The van der Waals surface area contributed by atoms with Gasteiger partial charge in [-0.1, -0.05) is 38.1 Å². The predicted molar refractivity (Wildman–Crippen MR) is 70.4 cm³/mol. The molecule has 1 aromatic carbocycles. The van der Waals surface area contributed by atoms with Crippen molar-refractivity contribution < 1.29 is 0 Å². The standard InChI is InChI=1S/C13H18N4/c1-8(2)11-12(15)17-13(16-11)10-5-3-9(7-14)4-6-10/h3-6,8H,7,14-15H2,1-2H3,(H,16,17). The van der Waals surface area contributed by atoms with Crippen LogP contribution < -0.4 is 11.5 Å². The Kier molecular flexibility index (Phi) is 3.15. The molecule has 0 aliphatic heterocycles. The Labute approximate surface area is 101 Å². The second-order valence-electron chi connectivity index (χ2n) is 4.44. The zero-order valence-electron chi connectivity index (χ0n) is 10.2. The molecular weight excluding hydrogens is 212 g/mol. The van der Waals surface area contributed by atoms with E-state index in [1.165, 1.54) is 0 Å². The van der Waals surface area contributed by atoms with Crippen LogP contribution in [0.4, 0.5) is 5.82 Å². The third-order valence-corrected chi connectivity index (χ3v) is 2.80. The average molecular weight is 230 g/mol. The number of rotatable bonds is 3. The van der Waals surface area contributed by atoms with Gasteiger partial charge in [0.1, 0.15) is 11.6 Å². The fourth-order valence-corrected chi connectivity index (χ4v) is 1.78. The molecule has 2 rings (SSSR count). The van der Waals surface area contributed by atoms with Crippen LogP contribution in [0.15, 0.2) is 24.3 Å². The van der Waals surface area contributed by atoms with Crippen molar-refractivity contribution >= 4 is 5.82 Å². The van der Waals surface area contributed by atoms with Crippen LogP contribution in [0.2, 0.25) is 0 Å². The summed E-state index contributed by atoms with van der Waals surface area (Å²) in [7, 11) is 0. The van der Waals surface area contributed by atoms with Gasteiger partial charge in [-0.25, -0.2) is 4.98 Å². The summed E-state index contributed by atoms with van der Waals surface area (Å²) >= 11 is 0. The Morgan fingerprint density at radius 3 is 2.35 bits per heavy atom. The first-order chi connectivity index (χ1) is 8.11. The Hall–Kier alpha value is -1.81. The van der Waals surface area contributed by atoms with Gasteiger partial charge in [-0.15, -0.1) is 0 Å². The highest BCUT2D eigenvalue weighted by molar-refractivity contribution is 5.59. The predicted octanol–water partition coefficient (Wildman–Crippen LogP) is 2.24. The maximum absolute atomic E-state index is 5.87. The summed E-state index contributed by atoms with van der Waals surface area (Å²) in [6, 6.07) is 8.02. The maximum atomic E-state index is 5.87. The van der Waals surface area contributed by atoms with Crippen LogP contribution in [-0.4, -0.2) is 9.97 Å². The molecule has 0 saturated heterocycles. The van der Waals surface area contributed by atoms with Gasteiger partial charge >= 0.3 is 0 Å².